The van der Waals surface area contributed by atoms with Crippen molar-refractivity contribution in [2.75, 3.05) is 13.2 Å². The third-order valence-electron chi connectivity index (χ3n) is 3.89. The number of aliphatic imine (C=N–C) groups is 1. The topological polar surface area (TPSA) is 50.7 Å². The monoisotopic (exact) mass is 368 g/mol. The van der Waals surface area contributed by atoms with Gasteiger partial charge in [-0.2, -0.15) is 0 Å². The van der Waals surface area contributed by atoms with E-state index < -0.39 is 0 Å². The van der Waals surface area contributed by atoms with E-state index in [1.54, 1.807) is 11.8 Å². The van der Waals surface area contributed by atoms with Crippen molar-refractivity contribution in [1.82, 2.24) is 5.32 Å². The maximum atomic E-state index is 12.3. The maximum absolute atomic E-state index is 12.3. The molecule has 1 atom stereocenters. The lowest BCUT2D eigenvalue weighted by molar-refractivity contribution is -0.123. The summed E-state index contributed by atoms with van der Waals surface area (Å²) in [6, 6.07) is 8.03. The normalized spacial score (nSPS) is 24.3. The number of nitrogens with zero attached hydrogens (tertiary/aromatic N) is 1. The molecule has 4 nitrogen and oxygen atoms in total. The second-order valence-electron chi connectivity index (χ2n) is 5.29. The third-order valence-corrected chi connectivity index (χ3v) is 6.00. The van der Waals surface area contributed by atoms with Gasteiger partial charge in [0.25, 0.3) is 0 Å². The summed E-state index contributed by atoms with van der Waals surface area (Å²) in [5.74, 6) is 0.0777. The van der Waals surface area contributed by atoms with E-state index in [4.69, 9.17) is 4.74 Å². The number of hydrogen-bond donors (Lipinski definition) is 1. The molecule has 0 aromatic heterocycles. The van der Waals surface area contributed by atoms with Crippen molar-refractivity contribution < 1.29 is 9.53 Å². The maximum Gasteiger partial charge on any atom is 0.242 e. The Hall–Kier alpha value is -0.850. The highest BCUT2D eigenvalue weighted by atomic mass is 79.9. The number of amides is 1. The zero-order valence-electron chi connectivity index (χ0n) is 11.8. The Morgan fingerprint density at radius 3 is 2.81 bits per heavy atom. The number of rotatable bonds is 2. The summed E-state index contributed by atoms with van der Waals surface area (Å²) >= 11 is 5.11. The van der Waals surface area contributed by atoms with Crippen LogP contribution in [0.25, 0.3) is 0 Å². The molecule has 1 aromatic carbocycles. The van der Waals surface area contributed by atoms with E-state index >= 15 is 0 Å². The molecule has 1 aromatic rings. The van der Waals surface area contributed by atoms with Crippen molar-refractivity contribution >= 4 is 38.8 Å². The van der Waals surface area contributed by atoms with Crippen LogP contribution in [0.1, 0.15) is 31.4 Å². The van der Waals surface area contributed by atoms with Gasteiger partial charge in [0.1, 0.15) is 4.75 Å². The molecule has 0 aliphatic carbocycles. The van der Waals surface area contributed by atoms with Crippen molar-refractivity contribution in [3.8, 4) is 0 Å². The molecular formula is C15H17BrN2O2S. The molecule has 0 saturated carbocycles. The highest BCUT2D eigenvalue weighted by molar-refractivity contribution is 9.10. The van der Waals surface area contributed by atoms with Crippen LogP contribution >= 0.6 is 27.7 Å². The predicted molar refractivity (Wildman–Crippen MR) is 88.5 cm³/mol. The predicted octanol–water partition coefficient (Wildman–Crippen LogP) is 3.28. The number of halogens is 1. The standard InChI is InChI=1S/C15H17BrN2O2S/c1-10(11-4-2-3-5-12(11)16)17-14-18-13(19)15(21-14)6-8-20-9-7-15/h2-5,10H,6-9H2,1H3,(H,17,18,19)/t10-/m0/s1. The van der Waals surface area contributed by atoms with E-state index in [2.05, 4.69) is 26.2 Å². The number of carbonyl (C=O) groups excluding carboxylic acids is 1. The fraction of sp³-hybridized carbons (Fsp3) is 0.467. The zero-order valence-corrected chi connectivity index (χ0v) is 14.2. The molecule has 21 heavy (non-hydrogen) atoms. The van der Waals surface area contributed by atoms with Crippen LogP contribution in [0.3, 0.4) is 0 Å². The van der Waals surface area contributed by atoms with E-state index in [9.17, 15) is 4.79 Å². The largest absolute Gasteiger partial charge is 0.381 e. The Labute approximate surface area is 136 Å². The summed E-state index contributed by atoms with van der Waals surface area (Å²) < 4.78 is 6.04. The Kier molecular flexibility index (Phi) is 4.38. The molecule has 1 N–H and O–H groups in total. The van der Waals surface area contributed by atoms with Gasteiger partial charge < -0.3 is 10.1 Å². The van der Waals surface area contributed by atoms with Gasteiger partial charge in [-0.1, -0.05) is 45.9 Å². The molecule has 2 fully saturated rings. The van der Waals surface area contributed by atoms with E-state index in [0.717, 1.165) is 28.0 Å². The van der Waals surface area contributed by atoms with Gasteiger partial charge in [-0.15, -0.1) is 0 Å². The van der Waals surface area contributed by atoms with Crippen molar-refractivity contribution in [3.63, 3.8) is 0 Å². The van der Waals surface area contributed by atoms with Crippen LogP contribution in [0, 0.1) is 0 Å². The number of amidine groups is 1. The van der Waals surface area contributed by atoms with Crippen molar-refractivity contribution in [3.05, 3.63) is 34.3 Å². The minimum Gasteiger partial charge on any atom is -0.381 e. The lowest BCUT2D eigenvalue weighted by atomic mass is 9.98. The van der Waals surface area contributed by atoms with Gasteiger partial charge in [-0.05, 0) is 31.4 Å². The molecule has 0 unspecified atom stereocenters. The summed E-state index contributed by atoms with van der Waals surface area (Å²) in [5, 5.41) is 3.66. The second-order valence-corrected chi connectivity index (χ2v) is 7.52. The molecule has 2 saturated heterocycles. The van der Waals surface area contributed by atoms with Gasteiger partial charge in [0, 0.05) is 17.7 Å². The molecule has 6 heteroatoms. The summed E-state index contributed by atoms with van der Waals surface area (Å²) in [7, 11) is 0. The minimum atomic E-state index is -0.370. The van der Waals surface area contributed by atoms with Gasteiger partial charge >= 0.3 is 0 Å². The lowest BCUT2D eigenvalue weighted by Crippen LogP contribution is -2.41. The van der Waals surface area contributed by atoms with E-state index in [-0.39, 0.29) is 16.7 Å². The fourth-order valence-electron chi connectivity index (χ4n) is 2.62. The molecule has 112 valence electrons. The average Bonchev–Trinajstić information content (AvgIpc) is 2.75. The van der Waals surface area contributed by atoms with Crippen LogP contribution < -0.4 is 5.32 Å². The Morgan fingerprint density at radius 1 is 1.38 bits per heavy atom. The first-order valence-electron chi connectivity index (χ1n) is 7.01. The summed E-state index contributed by atoms with van der Waals surface area (Å²) in [6.07, 6.45) is 1.51. The van der Waals surface area contributed by atoms with Crippen LogP contribution in [0.2, 0.25) is 0 Å². The SMILES string of the molecule is C[C@H](N=C1NC(=O)C2(CCOCC2)S1)c1ccccc1Br. The first-order valence-corrected chi connectivity index (χ1v) is 8.62. The summed E-state index contributed by atoms with van der Waals surface area (Å²) in [6.45, 7) is 3.33. The molecular weight excluding hydrogens is 352 g/mol. The number of carbonyl (C=O) groups is 1. The van der Waals surface area contributed by atoms with Crippen LogP contribution in [-0.4, -0.2) is 29.0 Å². The summed E-state index contributed by atoms with van der Waals surface area (Å²) in [4.78, 5) is 17.0. The minimum absolute atomic E-state index is 0.00151. The summed E-state index contributed by atoms with van der Waals surface area (Å²) in [5.41, 5.74) is 1.12. The number of hydrogen-bond acceptors (Lipinski definition) is 4. The molecule has 2 heterocycles. The quantitative estimate of drug-likeness (QED) is 0.871. The highest BCUT2D eigenvalue weighted by Gasteiger charge is 2.47. The number of thioether (sulfide) groups is 1. The molecule has 1 spiro atoms. The molecule has 2 aliphatic heterocycles. The lowest BCUT2D eigenvalue weighted by Gasteiger charge is -2.28. The number of ether oxygens (including phenoxy) is 1. The number of benzene rings is 1. The van der Waals surface area contributed by atoms with Gasteiger partial charge in [0.05, 0.1) is 6.04 Å². The Morgan fingerprint density at radius 2 is 2.10 bits per heavy atom. The first kappa shape index (κ1) is 15.1. The smallest absolute Gasteiger partial charge is 0.242 e. The van der Waals surface area contributed by atoms with Gasteiger partial charge in [-0.25, -0.2) is 0 Å². The third kappa shape index (κ3) is 3.03. The van der Waals surface area contributed by atoms with Crippen LogP contribution in [0.5, 0.6) is 0 Å². The molecule has 2 aliphatic rings. The Bertz CT molecular complexity index is 585. The number of nitrogens with one attached hydrogen (secondary N) is 1. The highest BCUT2D eigenvalue weighted by Crippen LogP contribution is 2.41. The molecule has 1 amide bonds. The van der Waals surface area contributed by atoms with E-state index in [0.29, 0.717) is 13.2 Å². The van der Waals surface area contributed by atoms with Crippen LogP contribution in [0.15, 0.2) is 33.7 Å². The van der Waals surface area contributed by atoms with Crippen LogP contribution in [-0.2, 0) is 9.53 Å². The van der Waals surface area contributed by atoms with Crippen molar-refractivity contribution in [2.24, 2.45) is 4.99 Å². The van der Waals surface area contributed by atoms with Gasteiger partial charge in [0.15, 0.2) is 5.17 Å². The molecule has 3 rings (SSSR count). The zero-order chi connectivity index (χ0) is 14.9. The van der Waals surface area contributed by atoms with E-state index in [1.807, 2.05) is 31.2 Å². The first-order chi connectivity index (χ1) is 10.1. The van der Waals surface area contributed by atoms with Gasteiger partial charge in [-0.3, -0.25) is 9.79 Å². The Balaban J connectivity index is 1.79. The average molecular weight is 369 g/mol. The van der Waals surface area contributed by atoms with Crippen molar-refractivity contribution in [1.29, 1.82) is 0 Å². The van der Waals surface area contributed by atoms with Gasteiger partial charge in [0.2, 0.25) is 5.91 Å². The molecule has 0 bridgehead atoms. The fourth-order valence-corrected chi connectivity index (χ4v) is 4.47. The second kappa shape index (κ2) is 6.10. The van der Waals surface area contributed by atoms with E-state index in [1.165, 1.54) is 0 Å². The van der Waals surface area contributed by atoms with Crippen LogP contribution in [0.4, 0.5) is 0 Å². The van der Waals surface area contributed by atoms with Crippen molar-refractivity contribution in [2.45, 2.75) is 30.6 Å². The molecule has 0 radical (unpaired) electrons.